The lowest BCUT2D eigenvalue weighted by atomic mass is 10.2. The second kappa shape index (κ2) is 4.26. The van der Waals surface area contributed by atoms with Crippen molar-refractivity contribution >= 4 is 44.8 Å². The molecule has 0 aliphatic carbocycles. The molecule has 6 heteroatoms. The molecule has 0 atom stereocenters. The van der Waals surface area contributed by atoms with Crippen LogP contribution in [0.25, 0.3) is 0 Å². The number of nitro benzene ring substituents is 1. The lowest BCUT2D eigenvalue weighted by Crippen LogP contribution is -1.91. The number of rotatable bonds is 2. The number of hydrogen-bond donors (Lipinski definition) is 0. The van der Waals surface area contributed by atoms with Gasteiger partial charge in [-0.05, 0) is 11.6 Å². The van der Waals surface area contributed by atoms with Gasteiger partial charge in [-0.25, -0.2) is 0 Å². The van der Waals surface area contributed by atoms with Gasteiger partial charge in [0.05, 0.1) is 9.95 Å². The predicted octanol–water partition coefficient (Wildman–Crippen LogP) is 3.80. The molecule has 1 aromatic carbocycles. The highest BCUT2D eigenvalue weighted by Crippen LogP contribution is 2.34. The minimum atomic E-state index is -0.563. The number of nitro groups is 1. The van der Waals surface area contributed by atoms with Gasteiger partial charge < -0.3 is 0 Å². The Morgan fingerprint density at radius 3 is 2.46 bits per heavy atom. The molecule has 0 heterocycles. The smallest absolute Gasteiger partial charge is 0.258 e. The highest BCUT2D eigenvalue weighted by Gasteiger charge is 2.17. The molecule has 0 fully saturated rings. The Hall–Kier alpha value is -0.320. The summed E-state index contributed by atoms with van der Waals surface area (Å²) in [7, 11) is 0. The van der Waals surface area contributed by atoms with Gasteiger partial charge in [0.1, 0.15) is 5.02 Å². The number of alkyl halides is 1. The van der Waals surface area contributed by atoms with E-state index < -0.39 is 4.92 Å². The Kier molecular flexibility index (Phi) is 3.53. The maximum absolute atomic E-state index is 10.4. The molecule has 0 bridgehead atoms. The largest absolute Gasteiger partial charge is 0.289 e. The second-order valence-electron chi connectivity index (χ2n) is 2.26. The Balaban J connectivity index is 3.31. The average molecular weight is 285 g/mol. The molecule has 70 valence electrons. The van der Waals surface area contributed by atoms with E-state index in [-0.39, 0.29) is 15.7 Å². The Labute approximate surface area is 92.9 Å². The van der Waals surface area contributed by atoms with Gasteiger partial charge in [-0.2, -0.15) is 0 Å². The predicted molar refractivity (Wildman–Crippen MR) is 55.7 cm³/mol. The summed E-state index contributed by atoms with van der Waals surface area (Å²) in [4.78, 5) is 9.86. The summed E-state index contributed by atoms with van der Waals surface area (Å²) < 4.78 is 0. The van der Waals surface area contributed by atoms with E-state index in [9.17, 15) is 10.1 Å². The summed E-state index contributed by atoms with van der Waals surface area (Å²) in [5, 5.41) is 11.2. The molecule has 0 aliphatic rings. The van der Waals surface area contributed by atoms with Crippen LogP contribution in [0.2, 0.25) is 10.0 Å². The number of benzene rings is 1. The Morgan fingerprint density at radius 2 is 2.00 bits per heavy atom. The van der Waals surface area contributed by atoms with Crippen LogP contribution in [0.4, 0.5) is 5.69 Å². The van der Waals surface area contributed by atoms with Crippen molar-refractivity contribution in [2.75, 3.05) is 0 Å². The molecule has 0 N–H and O–H groups in total. The van der Waals surface area contributed by atoms with Crippen molar-refractivity contribution in [3.63, 3.8) is 0 Å². The zero-order valence-electron chi connectivity index (χ0n) is 6.26. The molecule has 1 rings (SSSR count). The van der Waals surface area contributed by atoms with Crippen molar-refractivity contribution in [2.24, 2.45) is 0 Å². The van der Waals surface area contributed by atoms with Crippen molar-refractivity contribution < 1.29 is 4.92 Å². The molecule has 0 saturated carbocycles. The van der Waals surface area contributed by atoms with Gasteiger partial charge in [0.15, 0.2) is 0 Å². The summed E-state index contributed by atoms with van der Waals surface area (Å²) in [5.74, 6) is 0. The zero-order chi connectivity index (χ0) is 10.0. The summed E-state index contributed by atoms with van der Waals surface area (Å²) in [6, 6.07) is 2.91. The van der Waals surface area contributed by atoms with E-state index in [4.69, 9.17) is 23.2 Å². The van der Waals surface area contributed by atoms with E-state index in [1.54, 1.807) is 6.07 Å². The van der Waals surface area contributed by atoms with Gasteiger partial charge in [-0.15, -0.1) is 0 Å². The van der Waals surface area contributed by atoms with Gasteiger partial charge in [0.2, 0.25) is 0 Å². The van der Waals surface area contributed by atoms with E-state index in [0.29, 0.717) is 5.33 Å². The summed E-state index contributed by atoms with van der Waals surface area (Å²) in [6.07, 6.45) is 0. The Morgan fingerprint density at radius 1 is 1.38 bits per heavy atom. The monoisotopic (exact) mass is 283 g/mol. The van der Waals surface area contributed by atoms with Crippen LogP contribution >= 0.6 is 39.1 Å². The molecular weight excluding hydrogens is 281 g/mol. The average Bonchev–Trinajstić information content (AvgIpc) is 2.09. The maximum Gasteiger partial charge on any atom is 0.289 e. The highest BCUT2D eigenvalue weighted by atomic mass is 79.9. The van der Waals surface area contributed by atoms with Crippen molar-refractivity contribution in [3.05, 3.63) is 37.9 Å². The second-order valence-corrected chi connectivity index (χ2v) is 3.58. The summed E-state index contributed by atoms with van der Waals surface area (Å²) >= 11 is 14.6. The molecule has 0 spiro atoms. The number of nitrogens with zero attached hydrogens (tertiary/aromatic N) is 1. The van der Waals surface area contributed by atoms with Crippen molar-refractivity contribution in [1.82, 2.24) is 0 Å². The quantitative estimate of drug-likeness (QED) is 0.471. The van der Waals surface area contributed by atoms with E-state index >= 15 is 0 Å². The standard InChI is InChI=1S/C7H4BrCl2NO2/c8-3-4-1-2-5(11(12)13)7(10)6(4)9/h1-2H,3H2. The van der Waals surface area contributed by atoms with Crippen LogP contribution in [0.15, 0.2) is 12.1 Å². The number of hydrogen-bond acceptors (Lipinski definition) is 2. The van der Waals surface area contributed by atoms with Crippen LogP contribution in [-0.2, 0) is 5.33 Å². The van der Waals surface area contributed by atoms with Crippen molar-refractivity contribution in [2.45, 2.75) is 5.33 Å². The molecule has 0 aliphatic heterocycles. The fourth-order valence-electron chi connectivity index (χ4n) is 0.823. The Bertz CT molecular complexity index is 357. The molecule has 1 aromatic rings. The van der Waals surface area contributed by atoms with Gasteiger partial charge in [0.25, 0.3) is 5.69 Å². The van der Waals surface area contributed by atoms with Gasteiger partial charge in [-0.1, -0.05) is 39.1 Å². The minimum absolute atomic E-state index is 0.0105. The first-order chi connectivity index (χ1) is 6.07. The topological polar surface area (TPSA) is 43.1 Å². The fourth-order valence-corrected chi connectivity index (χ4v) is 1.93. The third kappa shape index (κ3) is 2.13. The van der Waals surface area contributed by atoms with Crippen LogP contribution in [0, 0.1) is 10.1 Å². The summed E-state index contributed by atoms with van der Waals surface area (Å²) in [6.45, 7) is 0. The lowest BCUT2D eigenvalue weighted by molar-refractivity contribution is -0.384. The third-order valence-corrected chi connectivity index (χ3v) is 3.00. The first-order valence-electron chi connectivity index (χ1n) is 3.25. The van der Waals surface area contributed by atoms with E-state index in [0.717, 1.165) is 5.56 Å². The van der Waals surface area contributed by atoms with Gasteiger partial charge >= 0.3 is 0 Å². The molecular formula is C7H4BrCl2NO2. The van der Waals surface area contributed by atoms with Crippen LogP contribution in [0.3, 0.4) is 0 Å². The molecule has 13 heavy (non-hydrogen) atoms. The normalized spacial score (nSPS) is 10.1. The minimum Gasteiger partial charge on any atom is -0.258 e. The molecule has 0 saturated heterocycles. The molecule has 0 amide bonds. The molecule has 0 aromatic heterocycles. The van der Waals surface area contributed by atoms with Crippen molar-refractivity contribution in [3.8, 4) is 0 Å². The maximum atomic E-state index is 10.4. The fraction of sp³-hybridized carbons (Fsp3) is 0.143. The SMILES string of the molecule is O=[N+]([O-])c1ccc(CBr)c(Cl)c1Cl. The zero-order valence-corrected chi connectivity index (χ0v) is 9.36. The first-order valence-corrected chi connectivity index (χ1v) is 5.13. The summed E-state index contributed by atoms with van der Waals surface area (Å²) in [5.41, 5.74) is 0.564. The first kappa shape index (κ1) is 10.8. The van der Waals surface area contributed by atoms with E-state index in [1.165, 1.54) is 6.07 Å². The molecule has 3 nitrogen and oxygen atoms in total. The van der Waals surface area contributed by atoms with Crippen LogP contribution in [0.5, 0.6) is 0 Å². The number of halogens is 3. The van der Waals surface area contributed by atoms with Crippen LogP contribution in [-0.4, -0.2) is 4.92 Å². The van der Waals surface area contributed by atoms with E-state index in [2.05, 4.69) is 15.9 Å². The van der Waals surface area contributed by atoms with Gasteiger partial charge in [0, 0.05) is 11.4 Å². The van der Waals surface area contributed by atoms with Crippen LogP contribution in [0.1, 0.15) is 5.56 Å². The highest BCUT2D eigenvalue weighted by molar-refractivity contribution is 9.08. The molecule has 0 radical (unpaired) electrons. The third-order valence-electron chi connectivity index (χ3n) is 1.48. The lowest BCUT2D eigenvalue weighted by Gasteiger charge is -2.02. The van der Waals surface area contributed by atoms with Crippen molar-refractivity contribution in [1.29, 1.82) is 0 Å². The van der Waals surface area contributed by atoms with E-state index in [1.807, 2.05) is 0 Å². The van der Waals surface area contributed by atoms with Gasteiger partial charge in [-0.3, -0.25) is 10.1 Å². The molecule has 0 unspecified atom stereocenters. The van der Waals surface area contributed by atoms with Crippen LogP contribution < -0.4 is 0 Å².